The summed E-state index contributed by atoms with van der Waals surface area (Å²) in [6, 6.07) is 15.5. The molecule has 0 radical (unpaired) electrons. The maximum Gasteiger partial charge on any atom is 0.242 e. The average Bonchev–Trinajstić information content (AvgIpc) is 3.27. The van der Waals surface area contributed by atoms with Crippen molar-refractivity contribution in [1.29, 1.82) is 0 Å². The van der Waals surface area contributed by atoms with Gasteiger partial charge in [0.2, 0.25) is 11.8 Å². The first-order chi connectivity index (χ1) is 15.3. The van der Waals surface area contributed by atoms with E-state index in [4.69, 9.17) is 0 Å². The van der Waals surface area contributed by atoms with Crippen molar-refractivity contribution in [2.24, 2.45) is 0 Å². The Morgan fingerprint density at radius 3 is 1.97 bits per heavy atom. The highest BCUT2D eigenvalue weighted by Crippen LogP contribution is 2.16. The van der Waals surface area contributed by atoms with Crippen LogP contribution < -0.4 is 0 Å². The van der Waals surface area contributed by atoms with E-state index < -0.39 is 0 Å². The third-order valence-corrected chi connectivity index (χ3v) is 5.95. The van der Waals surface area contributed by atoms with E-state index in [9.17, 15) is 18.4 Å². The average molecular weight is 457 g/mol. The molecule has 1 heterocycles. The van der Waals surface area contributed by atoms with Crippen molar-refractivity contribution in [3.63, 3.8) is 0 Å². The van der Waals surface area contributed by atoms with Crippen molar-refractivity contribution in [3.05, 3.63) is 93.7 Å². The molecule has 3 aromatic rings. The van der Waals surface area contributed by atoms with Gasteiger partial charge in [0.15, 0.2) is 0 Å². The summed E-state index contributed by atoms with van der Waals surface area (Å²) in [5, 5.41) is 1.95. The van der Waals surface area contributed by atoms with Crippen LogP contribution in [0.3, 0.4) is 0 Å². The van der Waals surface area contributed by atoms with Crippen LogP contribution in [0.2, 0.25) is 0 Å². The number of amides is 2. The first kappa shape index (κ1) is 23.6. The van der Waals surface area contributed by atoms with Crippen LogP contribution >= 0.6 is 11.3 Å². The Morgan fingerprint density at radius 1 is 0.844 bits per heavy atom. The van der Waals surface area contributed by atoms with Crippen LogP contribution in [-0.4, -0.2) is 34.2 Å². The summed E-state index contributed by atoms with van der Waals surface area (Å²) in [6.07, 6.45) is 0.0919. The van der Waals surface area contributed by atoms with Crippen LogP contribution in [0, 0.1) is 11.6 Å². The molecule has 0 N–H and O–H groups in total. The van der Waals surface area contributed by atoms with Gasteiger partial charge in [0.1, 0.15) is 18.2 Å². The van der Waals surface area contributed by atoms with Gasteiger partial charge in [0.05, 0.1) is 13.0 Å². The number of carbonyl (C=O) groups is 2. The summed E-state index contributed by atoms with van der Waals surface area (Å²) in [7, 11) is 0. The molecular weight excluding hydrogens is 430 g/mol. The Kier molecular flexibility index (Phi) is 8.11. The number of halogens is 2. The molecule has 0 saturated carbocycles. The molecule has 0 atom stereocenters. The minimum atomic E-state index is -0.359. The van der Waals surface area contributed by atoms with Crippen molar-refractivity contribution in [2.75, 3.05) is 6.54 Å². The van der Waals surface area contributed by atoms with Crippen molar-refractivity contribution in [3.8, 4) is 0 Å². The predicted molar refractivity (Wildman–Crippen MR) is 122 cm³/mol. The SMILES string of the molecule is CC(C)N(CC(=O)N(Cc1ccc(F)cc1)Cc1cccs1)C(=O)Cc1ccc(F)cc1. The molecule has 0 fully saturated rings. The zero-order chi connectivity index (χ0) is 23.1. The van der Waals surface area contributed by atoms with E-state index in [1.54, 1.807) is 40.5 Å². The lowest BCUT2D eigenvalue weighted by Crippen LogP contribution is -2.46. The zero-order valence-electron chi connectivity index (χ0n) is 18.1. The van der Waals surface area contributed by atoms with Gasteiger partial charge in [-0.3, -0.25) is 9.59 Å². The van der Waals surface area contributed by atoms with Gasteiger partial charge >= 0.3 is 0 Å². The minimum Gasteiger partial charge on any atom is -0.332 e. The highest BCUT2D eigenvalue weighted by Gasteiger charge is 2.24. The van der Waals surface area contributed by atoms with E-state index in [1.165, 1.54) is 29.2 Å². The van der Waals surface area contributed by atoms with Gasteiger partial charge in [0, 0.05) is 17.5 Å². The topological polar surface area (TPSA) is 40.6 Å². The quantitative estimate of drug-likeness (QED) is 0.453. The fraction of sp³-hybridized carbons (Fsp3) is 0.280. The smallest absolute Gasteiger partial charge is 0.242 e. The van der Waals surface area contributed by atoms with Gasteiger partial charge in [-0.05, 0) is 60.7 Å². The lowest BCUT2D eigenvalue weighted by molar-refractivity contribution is -0.142. The second-order valence-electron chi connectivity index (χ2n) is 7.87. The van der Waals surface area contributed by atoms with Crippen LogP contribution in [0.4, 0.5) is 8.78 Å². The van der Waals surface area contributed by atoms with Crippen LogP contribution in [-0.2, 0) is 29.1 Å². The second kappa shape index (κ2) is 11.0. The molecule has 2 amide bonds. The fourth-order valence-corrected chi connectivity index (χ4v) is 4.04. The highest BCUT2D eigenvalue weighted by atomic mass is 32.1. The Hall–Kier alpha value is -3.06. The highest BCUT2D eigenvalue weighted by molar-refractivity contribution is 7.09. The van der Waals surface area contributed by atoms with Crippen molar-refractivity contribution in [2.45, 2.75) is 39.4 Å². The molecule has 0 aliphatic carbocycles. The standard InChI is InChI=1S/C25H26F2N2O2S/c1-18(2)29(24(30)14-19-5-9-21(26)10-6-19)17-25(31)28(16-23-4-3-13-32-23)15-20-7-11-22(27)12-8-20/h3-13,18H,14-17H2,1-2H3. The summed E-state index contributed by atoms with van der Waals surface area (Å²) >= 11 is 1.55. The summed E-state index contributed by atoms with van der Waals surface area (Å²) in [5.74, 6) is -1.08. The summed E-state index contributed by atoms with van der Waals surface area (Å²) < 4.78 is 26.5. The molecular formula is C25H26F2N2O2S. The zero-order valence-corrected chi connectivity index (χ0v) is 18.9. The molecule has 4 nitrogen and oxygen atoms in total. The van der Waals surface area contributed by atoms with Gasteiger partial charge in [0.25, 0.3) is 0 Å². The van der Waals surface area contributed by atoms with Gasteiger partial charge < -0.3 is 9.80 Å². The van der Waals surface area contributed by atoms with E-state index in [0.29, 0.717) is 18.7 Å². The van der Waals surface area contributed by atoms with Crippen molar-refractivity contribution >= 4 is 23.2 Å². The van der Waals surface area contributed by atoms with Gasteiger partial charge in [-0.15, -0.1) is 11.3 Å². The van der Waals surface area contributed by atoms with E-state index >= 15 is 0 Å². The maximum atomic E-state index is 13.3. The molecule has 2 aromatic carbocycles. The largest absolute Gasteiger partial charge is 0.332 e. The minimum absolute atomic E-state index is 0.0652. The van der Waals surface area contributed by atoms with E-state index in [-0.39, 0.29) is 42.5 Å². The fourth-order valence-electron chi connectivity index (χ4n) is 3.32. The molecule has 0 saturated heterocycles. The number of hydrogen-bond acceptors (Lipinski definition) is 3. The number of thiophene rings is 1. The summed E-state index contributed by atoms with van der Waals surface area (Å²) in [6.45, 7) is 4.38. The van der Waals surface area contributed by atoms with E-state index in [1.807, 2.05) is 31.4 Å². The normalized spacial score (nSPS) is 10.9. The monoisotopic (exact) mass is 456 g/mol. The second-order valence-corrected chi connectivity index (χ2v) is 8.91. The number of benzene rings is 2. The predicted octanol–water partition coefficient (Wildman–Crippen LogP) is 5.03. The molecule has 3 rings (SSSR count). The molecule has 0 bridgehead atoms. The van der Waals surface area contributed by atoms with Crippen molar-refractivity contribution in [1.82, 2.24) is 9.80 Å². The molecule has 32 heavy (non-hydrogen) atoms. The number of hydrogen-bond donors (Lipinski definition) is 0. The van der Waals surface area contributed by atoms with Gasteiger partial charge in [-0.1, -0.05) is 30.3 Å². The number of carbonyl (C=O) groups excluding carboxylic acids is 2. The molecule has 1 aromatic heterocycles. The molecule has 0 aliphatic heterocycles. The third-order valence-electron chi connectivity index (χ3n) is 5.08. The number of rotatable bonds is 9. The Labute approximate surface area is 191 Å². The Balaban J connectivity index is 1.74. The lowest BCUT2D eigenvalue weighted by Gasteiger charge is -2.30. The molecule has 0 aliphatic rings. The van der Waals surface area contributed by atoms with Gasteiger partial charge in [-0.2, -0.15) is 0 Å². The first-order valence-corrected chi connectivity index (χ1v) is 11.3. The van der Waals surface area contributed by atoms with E-state index in [2.05, 4.69) is 0 Å². The first-order valence-electron chi connectivity index (χ1n) is 10.4. The Bertz CT molecular complexity index is 1020. The molecule has 0 unspecified atom stereocenters. The lowest BCUT2D eigenvalue weighted by atomic mass is 10.1. The van der Waals surface area contributed by atoms with Crippen LogP contribution in [0.15, 0.2) is 66.0 Å². The third kappa shape index (κ3) is 6.72. The van der Waals surface area contributed by atoms with E-state index in [0.717, 1.165) is 10.4 Å². The molecule has 7 heteroatoms. The van der Waals surface area contributed by atoms with Crippen LogP contribution in [0.1, 0.15) is 29.9 Å². The van der Waals surface area contributed by atoms with Crippen LogP contribution in [0.25, 0.3) is 0 Å². The molecule has 0 spiro atoms. The Morgan fingerprint density at radius 2 is 1.44 bits per heavy atom. The summed E-state index contributed by atoms with van der Waals surface area (Å²) in [5.41, 5.74) is 1.50. The molecule has 168 valence electrons. The maximum absolute atomic E-state index is 13.3. The van der Waals surface area contributed by atoms with Crippen molar-refractivity contribution < 1.29 is 18.4 Å². The number of nitrogens with zero attached hydrogens (tertiary/aromatic N) is 2. The van der Waals surface area contributed by atoms with Gasteiger partial charge in [-0.25, -0.2) is 8.78 Å². The summed E-state index contributed by atoms with van der Waals surface area (Å²) in [4.78, 5) is 30.4. The van der Waals surface area contributed by atoms with Crippen LogP contribution in [0.5, 0.6) is 0 Å².